The molecule has 0 bridgehead atoms. The molecule has 0 fully saturated rings. The highest BCUT2D eigenvalue weighted by atomic mass is 79.9. The highest BCUT2D eigenvalue weighted by Crippen LogP contribution is 2.30. The molecular formula is C19H21BrO. The van der Waals surface area contributed by atoms with Crippen LogP contribution >= 0.6 is 15.9 Å². The summed E-state index contributed by atoms with van der Waals surface area (Å²) >= 11 is 3.51. The smallest absolute Gasteiger partial charge is 0.193 e. The van der Waals surface area contributed by atoms with E-state index in [4.69, 9.17) is 0 Å². The van der Waals surface area contributed by atoms with E-state index in [1.54, 1.807) is 0 Å². The third-order valence-electron chi connectivity index (χ3n) is 4.74. The Morgan fingerprint density at radius 3 is 1.76 bits per heavy atom. The number of rotatable bonds is 2. The lowest BCUT2D eigenvalue weighted by Gasteiger charge is -2.18. The molecule has 0 aliphatic heterocycles. The first kappa shape index (κ1) is 16.0. The minimum atomic E-state index is 0.120. The zero-order valence-electron chi connectivity index (χ0n) is 13.5. The molecule has 2 aromatic rings. The first-order chi connectivity index (χ1) is 9.77. The number of benzene rings is 2. The molecule has 0 aliphatic rings. The van der Waals surface area contributed by atoms with Gasteiger partial charge in [-0.2, -0.15) is 0 Å². The standard InChI is InChI=1S/C19H21BrO/c1-10-11(2)13(4)18(14(5)12(10)3)19(21)16-8-7-9-17(20)15(16)6/h7-9H,1-6H3. The van der Waals surface area contributed by atoms with Crippen molar-refractivity contribution in [1.29, 1.82) is 0 Å². The van der Waals surface area contributed by atoms with Crippen LogP contribution in [0.25, 0.3) is 0 Å². The fraction of sp³-hybridized carbons (Fsp3) is 0.316. The van der Waals surface area contributed by atoms with Gasteiger partial charge in [-0.05, 0) is 81.0 Å². The summed E-state index contributed by atoms with van der Waals surface area (Å²) in [6.07, 6.45) is 0. The van der Waals surface area contributed by atoms with Crippen LogP contribution in [0.1, 0.15) is 49.3 Å². The molecule has 21 heavy (non-hydrogen) atoms. The Balaban J connectivity index is 2.73. The van der Waals surface area contributed by atoms with E-state index in [9.17, 15) is 4.79 Å². The average Bonchev–Trinajstić information content (AvgIpc) is 2.46. The van der Waals surface area contributed by atoms with Crippen molar-refractivity contribution in [2.45, 2.75) is 41.5 Å². The fourth-order valence-electron chi connectivity index (χ4n) is 2.83. The van der Waals surface area contributed by atoms with Crippen LogP contribution in [0.5, 0.6) is 0 Å². The maximum absolute atomic E-state index is 13.1. The normalized spacial score (nSPS) is 10.8. The second-order valence-corrected chi connectivity index (χ2v) is 6.60. The van der Waals surface area contributed by atoms with Gasteiger partial charge >= 0.3 is 0 Å². The van der Waals surface area contributed by atoms with E-state index in [1.165, 1.54) is 16.7 Å². The van der Waals surface area contributed by atoms with Crippen molar-refractivity contribution in [1.82, 2.24) is 0 Å². The Bertz CT molecular complexity index is 713. The second kappa shape index (κ2) is 5.76. The van der Waals surface area contributed by atoms with Gasteiger partial charge < -0.3 is 0 Å². The number of hydrogen-bond donors (Lipinski definition) is 0. The molecule has 2 aromatic carbocycles. The van der Waals surface area contributed by atoms with Gasteiger partial charge in [0.2, 0.25) is 0 Å². The predicted octanol–water partition coefficient (Wildman–Crippen LogP) is 5.53. The van der Waals surface area contributed by atoms with E-state index in [1.807, 2.05) is 25.1 Å². The number of carbonyl (C=O) groups is 1. The third kappa shape index (κ3) is 2.57. The van der Waals surface area contributed by atoms with Crippen LogP contribution in [0.4, 0.5) is 0 Å². The summed E-state index contributed by atoms with van der Waals surface area (Å²) in [5.74, 6) is 0.120. The monoisotopic (exact) mass is 344 g/mol. The van der Waals surface area contributed by atoms with Crippen LogP contribution in [0.15, 0.2) is 22.7 Å². The third-order valence-corrected chi connectivity index (χ3v) is 5.60. The molecule has 0 aromatic heterocycles. The molecule has 0 unspecified atom stereocenters. The number of halogens is 1. The lowest BCUT2D eigenvalue weighted by molar-refractivity contribution is 0.103. The zero-order chi connectivity index (χ0) is 15.9. The largest absolute Gasteiger partial charge is 0.289 e. The Kier molecular flexibility index (Phi) is 4.38. The molecule has 2 heteroatoms. The Hall–Kier alpha value is -1.41. The average molecular weight is 345 g/mol. The minimum absolute atomic E-state index is 0.120. The molecule has 110 valence electrons. The highest BCUT2D eigenvalue weighted by molar-refractivity contribution is 9.10. The molecule has 1 nitrogen and oxygen atoms in total. The number of carbonyl (C=O) groups excluding carboxylic acids is 1. The van der Waals surface area contributed by atoms with Crippen LogP contribution in [-0.2, 0) is 0 Å². The van der Waals surface area contributed by atoms with Crippen LogP contribution in [0, 0.1) is 41.5 Å². The first-order valence-electron chi connectivity index (χ1n) is 7.14. The van der Waals surface area contributed by atoms with Crippen LogP contribution in [0.2, 0.25) is 0 Å². The first-order valence-corrected chi connectivity index (χ1v) is 7.93. The zero-order valence-corrected chi connectivity index (χ0v) is 15.1. The van der Waals surface area contributed by atoms with Gasteiger partial charge in [-0.25, -0.2) is 0 Å². The van der Waals surface area contributed by atoms with Gasteiger partial charge in [0.25, 0.3) is 0 Å². The van der Waals surface area contributed by atoms with Crippen molar-refractivity contribution >= 4 is 21.7 Å². The van der Waals surface area contributed by atoms with Crippen molar-refractivity contribution in [3.8, 4) is 0 Å². The minimum Gasteiger partial charge on any atom is -0.289 e. The van der Waals surface area contributed by atoms with Gasteiger partial charge in [-0.3, -0.25) is 4.79 Å². The molecule has 0 radical (unpaired) electrons. The van der Waals surface area contributed by atoms with E-state index in [2.05, 4.69) is 50.5 Å². The van der Waals surface area contributed by atoms with E-state index < -0.39 is 0 Å². The van der Waals surface area contributed by atoms with E-state index >= 15 is 0 Å². The summed E-state index contributed by atoms with van der Waals surface area (Å²) in [5, 5.41) is 0. The summed E-state index contributed by atoms with van der Waals surface area (Å²) in [7, 11) is 0. The van der Waals surface area contributed by atoms with Crippen LogP contribution in [-0.4, -0.2) is 5.78 Å². The molecule has 0 spiro atoms. The Morgan fingerprint density at radius 2 is 1.24 bits per heavy atom. The maximum atomic E-state index is 13.1. The van der Waals surface area contributed by atoms with E-state index in [-0.39, 0.29) is 5.78 Å². The van der Waals surface area contributed by atoms with Crippen molar-refractivity contribution in [2.75, 3.05) is 0 Å². The van der Waals surface area contributed by atoms with E-state index in [0.29, 0.717) is 0 Å². The molecule has 0 saturated carbocycles. The highest BCUT2D eigenvalue weighted by Gasteiger charge is 2.21. The molecule has 0 saturated heterocycles. The molecule has 0 aliphatic carbocycles. The predicted molar refractivity (Wildman–Crippen MR) is 92.4 cm³/mol. The molecule has 0 atom stereocenters. The van der Waals surface area contributed by atoms with Gasteiger partial charge in [0.1, 0.15) is 0 Å². The van der Waals surface area contributed by atoms with Crippen molar-refractivity contribution in [3.05, 3.63) is 67.2 Å². The van der Waals surface area contributed by atoms with Crippen molar-refractivity contribution < 1.29 is 4.79 Å². The van der Waals surface area contributed by atoms with Crippen LogP contribution in [0.3, 0.4) is 0 Å². The Labute approximate surface area is 135 Å². The summed E-state index contributed by atoms with van der Waals surface area (Å²) < 4.78 is 0.976. The lowest BCUT2D eigenvalue weighted by atomic mass is 9.85. The number of ketones is 1. The molecular weight excluding hydrogens is 324 g/mol. The quantitative estimate of drug-likeness (QED) is 0.654. The summed E-state index contributed by atoms with van der Waals surface area (Å²) in [6, 6.07) is 5.80. The maximum Gasteiger partial charge on any atom is 0.193 e. The SMILES string of the molecule is Cc1c(Br)cccc1C(=O)c1c(C)c(C)c(C)c(C)c1C. The summed E-state index contributed by atoms with van der Waals surface area (Å²) in [6.45, 7) is 12.4. The van der Waals surface area contributed by atoms with Gasteiger partial charge in [0.05, 0.1) is 0 Å². The Morgan fingerprint density at radius 1 is 0.762 bits per heavy atom. The number of hydrogen-bond acceptors (Lipinski definition) is 1. The van der Waals surface area contributed by atoms with E-state index in [0.717, 1.165) is 32.3 Å². The van der Waals surface area contributed by atoms with Gasteiger partial charge in [-0.15, -0.1) is 0 Å². The van der Waals surface area contributed by atoms with Gasteiger partial charge in [0, 0.05) is 15.6 Å². The second-order valence-electron chi connectivity index (χ2n) is 5.74. The van der Waals surface area contributed by atoms with Gasteiger partial charge in [0.15, 0.2) is 5.78 Å². The molecule has 0 N–H and O–H groups in total. The molecule has 2 rings (SSSR count). The fourth-order valence-corrected chi connectivity index (χ4v) is 3.19. The molecule has 0 heterocycles. The topological polar surface area (TPSA) is 17.1 Å². The van der Waals surface area contributed by atoms with Gasteiger partial charge in [-0.1, -0.05) is 28.1 Å². The van der Waals surface area contributed by atoms with Crippen LogP contribution < -0.4 is 0 Å². The lowest BCUT2D eigenvalue weighted by Crippen LogP contribution is -2.12. The summed E-state index contributed by atoms with van der Waals surface area (Å²) in [5.41, 5.74) is 8.54. The van der Waals surface area contributed by atoms with Crippen molar-refractivity contribution in [3.63, 3.8) is 0 Å². The summed E-state index contributed by atoms with van der Waals surface area (Å²) in [4.78, 5) is 13.1. The van der Waals surface area contributed by atoms with Crippen molar-refractivity contribution in [2.24, 2.45) is 0 Å². The molecule has 0 amide bonds.